The van der Waals surface area contributed by atoms with Crippen LogP contribution in [0.25, 0.3) is 0 Å². The van der Waals surface area contributed by atoms with Crippen molar-refractivity contribution in [3.05, 3.63) is 40.6 Å². The normalized spacial score (nSPS) is 15.6. The van der Waals surface area contributed by atoms with Crippen molar-refractivity contribution < 1.29 is 36.3 Å². The van der Waals surface area contributed by atoms with E-state index in [2.05, 4.69) is 4.72 Å². The first-order valence-electron chi connectivity index (χ1n) is 12.0. The first kappa shape index (κ1) is 28.2. The molecule has 1 amide bonds. The molecule has 1 aliphatic rings. The van der Waals surface area contributed by atoms with E-state index in [0.717, 1.165) is 17.7 Å². The van der Waals surface area contributed by atoms with E-state index in [-0.39, 0.29) is 25.8 Å². The van der Waals surface area contributed by atoms with Crippen molar-refractivity contribution in [2.45, 2.75) is 38.7 Å². The Morgan fingerprint density at radius 3 is 2.67 bits per heavy atom. The fourth-order valence-electron chi connectivity index (χ4n) is 3.63. The van der Waals surface area contributed by atoms with Gasteiger partial charge in [-0.05, 0) is 49.3 Å². The number of nitrogens with one attached hydrogen (secondary N) is 1. The Bertz CT molecular complexity index is 1040. The molecular weight excluding hydrogens is 508 g/mol. The Balaban J connectivity index is 1.78. The molecule has 1 aromatic carbocycles. The molecule has 3 rings (SSSR count). The van der Waals surface area contributed by atoms with Gasteiger partial charge in [0, 0.05) is 31.7 Å². The summed E-state index contributed by atoms with van der Waals surface area (Å²) in [5.74, 6) is 0.721. The summed E-state index contributed by atoms with van der Waals surface area (Å²) in [5, 5.41) is 1.91. The standard InChI is InChI=1S/C24H34N2O8S2/c1-3-13-26(24(27)34-36(28,29)25-12-11-20-8-6-17-35-20)23-21(32-16-15-30-2)9-4-10-22(23)33-18-19-7-5-14-31-19/h4,6,8-10,17,19,25H,3,5,7,11-16,18H2,1-2H3. The smallest absolute Gasteiger partial charge is 0.431 e. The number of nitrogens with zero attached hydrogens (tertiary/aromatic N) is 1. The lowest BCUT2D eigenvalue weighted by Gasteiger charge is -2.26. The van der Waals surface area contributed by atoms with Gasteiger partial charge in [-0.2, -0.15) is 13.1 Å². The molecule has 2 aromatic rings. The summed E-state index contributed by atoms with van der Waals surface area (Å²) in [7, 11) is -2.78. The van der Waals surface area contributed by atoms with Crippen molar-refractivity contribution in [2.75, 3.05) is 51.5 Å². The maximum Gasteiger partial charge on any atom is 0.431 e. The summed E-state index contributed by atoms with van der Waals surface area (Å²) in [6, 6.07) is 8.94. The predicted molar refractivity (Wildman–Crippen MR) is 137 cm³/mol. The lowest BCUT2D eigenvalue weighted by atomic mass is 10.2. The van der Waals surface area contributed by atoms with Crippen molar-refractivity contribution >= 4 is 33.4 Å². The summed E-state index contributed by atoms with van der Waals surface area (Å²) in [4.78, 5) is 15.4. The highest BCUT2D eigenvalue weighted by Gasteiger charge is 2.29. The summed E-state index contributed by atoms with van der Waals surface area (Å²) < 4.78 is 54.9. The molecule has 1 N–H and O–H groups in total. The number of benzene rings is 1. The number of hydrogen-bond donors (Lipinski definition) is 1. The quantitative estimate of drug-likeness (QED) is 0.339. The highest BCUT2D eigenvalue weighted by atomic mass is 32.2. The largest absolute Gasteiger partial charge is 0.489 e. The fourth-order valence-corrected chi connectivity index (χ4v) is 5.03. The lowest BCUT2D eigenvalue weighted by Crippen LogP contribution is -2.38. The van der Waals surface area contributed by atoms with E-state index in [4.69, 9.17) is 23.1 Å². The van der Waals surface area contributed by atoms with Crippen LogP contribution < -0.4 is 19.1 Å². The Morgan fingerprint density at radius 2 is 2.00 bits per heavy atom. The van der Waals surface area contributed by atoms with Gasteiger partial charge in [0.1, 0.15) is 30.4 Å². The van der Waals surface area contributed by atoms with E-state index in [1.807, 2.05) is 24.4 Å². The number of para-hydroxylation sites is 1. The molecular formula is C24H34N2O8S2. The minimum absolute atomic E-state index is 0.0459. The van der Waals surface area contributed by atoms with Crippen molar-refractivity contribution in [3.63, 3.8) is 0 Å². The maximum atomic E-state index is 13.2. The highest BCUT2D eigenvalue weighted by molar-refractivity contribution is 7.85. The molecule has 10 nitrogen and oxygen atoms in total. The van der Waals surface area contributed by atoms with E-state index in [9.17, 15) is 13.2 Å². The number of hydrogen-bond acceptors (Lipinski definition) is 9. The van der Waals surface area contributed by atoms with Gasteiger partial charge >= 0.3 is 16.4 Å². The van der Waals surface area contributed by atoms with E-state index >= 15 is 0 Å². The number of thiophene rings is 1. The van der Waals surface area contributed by atoms with Crippen LogP contribution >= 0.6 is 11.3 Å². The van der Waals surface area contributed by atoms with Crippen LogP contribution in [0.5, 0.6) is 11.5 Å². The SMILES string of the molecule is CCCN(C(=O)OS(=O)(=O)NCCc1cccs1)c1c(OCCOC)cccc1OCC1CCCO1. The zero-order chi connectivity index (χ0) is 25.8. The fraction of sp³-hybridized carbons (Fsp3) is 0.542. The van der Waals surface area contributed by atoms with Crippen molar-refractivity contribution in [2.24, 2.45) is 0 Å². The third-order valence-electron chi connectivity index (χ3n) is 5.30. The van der Waals surface area contributed by atoms with Crippen molar-refractivity contribution in [1.29, 1.82) is 0 Å². The van der Waals surface area contributed by atoms with Crippen LogP contribution in [0.15, 0.2) is 35.7 Å². The molecule has 1 aliphatic heterocycles. The van der Waals surface area contributed by atoms with Gasteiger partial charge in [0.05, 0.1) is 12.7 Å². The Kier molecular flexibility index (Phi) is 11.3. The average molecular weight is 543 g/mol. The number of rotatable bonds is 15. The van der Waals surface area contributed by atoms with Gasteiger partial charge in [0.15, 0.2) is 0 Å². The van der Waals surface area contributed by atoms with Gasteiger partial charge in [-0.1, -0.05) is 19.1 Å². The number of methoxy groups -OCH3 is 1. The summed E-state index contributed by atoms with van der Waals surface area (Å²) in [6.07, 6.45) is 1.78. The molecule has 0 aliphatic carbocycles. The van der Waals surface area contributed by atoms with E-state index in [0.29, 0.717) is 49.8 Å². The molecule has 200 valence electrons. The monoisotopic (exact) mass is 542 g/mol. The molecule has 36 heavy (non-hydrogen) atoms. The van der Waals surface area contributed by atoms with Gasteiger partial charge in [0.25, 0.3) is 0 Å². The first-order chi connectivity index (χ1) is 17.4. The zero-order valence-corrected chi connectivity index (χ0v) is 22.3. The van der Waals surface area contributed by atoms with Crippen LogP contribution in [0.1, 0.15) is 31.1 Å². The molecule has 0 saturated carbocycles. The van der Waals surface area contributed by atoms with Crippen LogP contribution in [0.4, 0.5) is 10.5 Å². The molecule has 1 atom stereocenters. The van der Waals surface area contributed by atoms with Crippen LogP contribution in [0, 0.1) is 0 Å². The minimum atomic E-state index is -4.34. The van der Waals surface area contributed by atoms with Crippen LogP contribution in [-0.2, 0) is 30.4 Å². The Labute approximate surface area is 216 Å². The molecule has 1 aromatic heterocycles. The molecule has 2 heterocycles. The second kappa shape index (κ2) is 14.4. The van der Waals surface area contributed by atoms with Gasteiger partial charge in [-0.15, -0.1) is 11.3 Å². The second-order valence-corrected chi connectivity index (χ2v) is 10.5. The lowest BCUT2D eigenvalue weighted by molar-refractivity contribution is 0.0679. The van der Waals surface area contributed by atoms with Crippen LogP contribution in [0.3, 0.4) is 0 Å². The molecule has 1 fully saturated rings. The van der Waals surface area contributed by atoms with E-state index in [1.54, 1.807) is 25.3 Å². The first-order valence-corrected chi connectivity index (χ1v) is 14.2. The van der Waals surface area contributed by atoms with E-state index < -0.39 is 16.4 Å². The Hall–Kier alpha value is -2.38. The average Bonchev–Trinajstić information content (AvgIpc) is 3.56. The number of ether oxygens (including phenoxy) is 4. The summed E-state index contributed by atoms with van der Waals surface area (Å²) >= 11 is 1.52. The highest BCUT2D eigenvalue weighted by Crippen LogP contribution is 2.39. The van der Waals surface area contributed by atoms with Crippen molar-refractivity contribution in [3.8, 4) is 11.5 Å². The number of amides is 1. The molecule has 0 bridgehead atoms. The topological polar surface area (TPSA) is 113 Å². The third kappa shape index (κ3) is 8.63. The van der Waals surface area contributed by atoms with Crippen LogP contribution in [0.2, 0.25) is 0 Å². The third-order valence-corrected chi connectivity index (χ3v) is 7.16. The minimum Gasteiger partial charge on any atom is -0.489 e. The molecule has 0 radical (unpaired) electrons. The second-order valence-electron chi connectivity index (χ2n) is 8.07. The van der Waals surface area contributed by atoms with Crippen molar-refractivity contribution in [1.82, 2.24) is 4.72 Å². The summed E-state index contributed by atoms with van der Waals surface area (Å²) in [5.41, 5.74) is 0.298. The zero-order valence-electron chi connectivity index (χ0n) is 20.6. The number of anilines is 1. The predicted octanol–water partition coefficient (Wildman–Crippen LogP) is 3.76. The molecule has 1 unspecified atom stereocenters. The molecule has 12 heteroatoms. The molecule has 0 spiro atoms. The van der Waals surface area contributed by atoms with Gasteiger partial charge < -0.3 is 23.1 Å². The number of carbonyl (C=O) groups is 1. The Morgan fingerprint density at radius 1 is 1.19 bits per heavy atom. The van der Waals surface area contributed by atoms with Crippen LogP contribution in [-0.4, -0.2) is 67.2 Å². The number of carbonyl (C=O) groups excluding carboxylic acids is 1. The van der Waals surface area contributed by atoms with Gasteiger partial charge in [-0.25, -0.2) is 4.79 Å². The maximum absolute atomic E-state index is 13.2. The van der Waals surface area contributed by atoms with Gasteiger partial charge in [0.2, 0.25) is 0 Å². The van der Waals surface area contributed by atoms with Gasteiger partial charge in [-0.3, -0.25) is 4.90 Å². The summed E-state index contributed by atoms with van der Waals surface area (Å²) in [6.45, 7) is 3.71. The molecule has 1 saturated heterocycles. The van der Waals surface area contributed by atoms with E-state index in [1.165, 1.54) is 16.2 Å².